The van der Waals surface area contributed by atoms with Crippen molar-refractivity contribution in [3.63, 3.8) is 0 Å². The predicted molar refractivity (Wildman–Crippen MR) is 98.3 cm³/mol. The van der Waals surface area contributed by atoms with Crippen LogP contribution in [0.2, 0.25) is 0 Å². The Labute approximate surface area is 156 Å². The van der Waals surface area contributed by atoms with Gasteiger partial charge in [0, 0.05) is 18.0 Å². The van der Waals surface area contributed by atoms with Crippen molar-refractivity contribution < 1.29 is 29.7 Å². The molecule has 2 aromatic rings. The van der Waals surface area contributed by atoms with Gasteiger partial charge in [-0.05, 0) is 23.6 Å². The van der Waals surface area contributed by atoms with E-state index in [0.717, 1.165) is 11.1 Å². The van der Waals surface area contributed by atoms with Crippen molar-refractivity contribution >= 4 is 17.8 Å². The Morgan fingerprint density at radius 3 is 2.15 bits per heavy atom. The van der Waals surface area contributed by atoms with Gasteiger partial charge in [-0.25, -0.2) is 0 Å². The van der Waals surface area contributed by atoms with Gasteiger partial charge < -0.3 is 20.6 Å². The normalized spacial score (nSPS) is 11.6. The quantitative estimate of drug-likeness (QED) is 0.537. The lowest BCUT2D eigenvalue weighted by Crippen LogP contribution is -2.38. The van der Waals surface area contributed by atoms with Crippen LogP contribution in [0.25, 0.3) is 11.1 Å². The van der Waals surface area contributed by atoms with Crippen LogP contribution in [0.3, 0.4) is 0 Å². The molecule has 0 aliphatic rings. The molecular formula is C20H21NO6. The third-order valence-electron chi connectivity index (χ3n) is 4.00. The van der Waals surface area contributed by atoms with Crippen LogP contribution in [-0.4, -0.2) is 39.2 Å². The van der Waals surface area contributed by atoms with Gasteiger partial charge in [-0.2, -0.15) is 0 Å². The number of aliphatic carboxylic acids is 2. The van der Waals surface area contributed by atoms with Gasteiger partial charge in [-0.15, -0.1) is 0 Å². The molecule has 0 aromatic heterocycles. The molecule has 0 aliphatic heterocycles. The first-order valence-electron chi connectivity index (χ1n) is 8.45. The fourth-order valence-electron chi connectivity index (χ4n) is 2.73. The number of benzene rings is 2. The van der Waals surface area contributed by atoms with Gasteiger partial charge in [-0.3, -0.25) is 14.4 Å². The summed E-state index contributed by atoms with van der Waals surface area (Å²) in [6.07, 6.45) is -0.467. The number of carboxylic acids is 2. The third kappa shape index (κ3) is 6.47. The van der Waals surface area contributed by atoms with Crippen LogP contribution in [0.5, 0.6) is 5.75 Å². The highest BCUT2D eigenvalue weighted by atomic mass is 16.4. The molecule has 0 saturated heterocycles. The Bertz CT molecular complexity index is 815. The topological polar surface area (TPSA) is 124 Å². The Hall–Kier alpha value is -3.35. The van der Waals surface area contributed by atoms with E-state index in [9.17, 15) is 19.5 Å². The summed E-state index contributed by atoms with van der Waals surface area (Å²) >= 11 is 0. The van der Waals surface area contributed by atoms with Crippen molar-refractivity contribution in [2.75, 3.05) is 0 Å². The molecule has 0 unspecified atom stereocenters. The van der Waals surface area contributed by atoms with E-state index >= 15 is 0 Å². The Balaban J connectivity index is 2.06. The number of aromatic hydroxyl groups is 1. The molecule has 4 N–H and O–H groups in total. The molecule has 0 fully saturated rings. The van der Waals surface area contributed by atoms with Gasteiger partial charge in [0.05, 0.1) is 12.8 Å². The number of hydrogen-bond donors (Lipinski definition) is 4. The second-order valence-electron chi connectivity index (χ2n) is 6.17. The largest absolute Gasteiger partial charge is 0.507 e. The first kappa shape index (κ1) is 20.0. The summed E-state index contributed by atoms with van der Waals surface area (Å²) in [6, 6.07) is 13.5. The second-order valence-corrected chi connectivity index (χ2v) is 6.17. The molecule has 0 saturated carbocycles. The van der Waals surface area contributed by atoms with Gasteiger partial charge in [-0.1, -0.05) is 42.5 Å². The minimum absolute atomic E-state index is 0.166. The van der Waals surface area contributed by atoms with Gasteiger partial charge in [0.15, 0.2) is 0 Å². The zero-order chi connectivity index (χ0) is 19.8. The highest BCUT2D eigenvalue weighted by molar-refractivity contribution is 5.81. The summed E-state index contributed by atoms with van der Waals surface area (Å²) in [5, 5.41) is 30.2. The van der Waals surface area contributed by atoms with Crippen LogP contribution < -0.4 is 5.32 Å². The number of rotatable bonds is 9. The van der Waals surface area contributed by atoms with Gasteiger partial charge in [0.1, 0.15) is 5.75 Å². The number of carbonyl (C=O) groups excluding carboxylic acids is 1. The van der Waals surface area contributed by atoms with E-state index in [2.05, 4.69) is 5.32 Å². The molecule has 7 nitrogen and oxygen atoms in total. The second kappa shape index (κ2) is 9.38. The lowest BCUT2D eigenvalue weighted by Gasteiger charge is -2.17. The highest BCUT2D eigenvalue weighted by Gasteiger charge is 2.17. The molecule has 0 radical (unpaired) electrons. The van der Waals surface area contributed by atoms with Crippen LogP contribution in [-0.2, 0) is 20.8 Å². The molecule has 1 amide bonds. The molecular weight excluding hydrogens is 350 g/mol. The van der Waals surface area contributed by atoms with E-state index < -0.39 is 23.9 Å². The van der Waals surface area contributed by atoms with Gasteiger partial charge >= 0.3 is 11.9 Å². The lowest BCUT2D eigenvalue weighted by molar-refractivity contribution is -0.140. The molecule has 0 spiro atoms. The molecule has 0 heterocycles. The smallest absolute Gasteiger partial charge is 0.305 e. The molecule has 0 bridgehead atoms. The van der Waals surface area contributed by atoms with Crippen LogP contribution in [0.1, 0.15) is 24.8 Å². The zero-order valence-corrected chi connectivity index (χ0v) is 14.6. The minimum atomic E-state index is -1.08. The summed E-state index contributed by atoms with van der Waals surface area (Å²) < 4.78 is 0. The van der Waals surface area contributed by atoms with Crippen molar-refractivity contribution in [2.45, 2.75) is 31.7 Å². The zero-order valence-electron chi connectivity index (χ0n) is 14.6. The first-order chi connectivity index (χ1) is 12.8. The van der Waals surface area contributed by atoms with Gasteiger partial charge in [0.25, 0.3) is 0 Å². The number of para-hydroxylation sites is 1. The van der Waals surface area contributed by atoms with E-state index in [-0.39, 0.29) is 25.0 Å². The van der Waals surface area contributed by atoms with Crippen LogP contribution in [0, 0.1) is 0 Å². The maximum atomic E-state index is 11.8. The highest BCUT2D eigenvalue weighted by Crippen LogP contribution is 2.28. The first-order valence-corrected chi connectivity index (χ1v) is 8.45. The molecule has 27 heavy (non-hydrogen) atoms. The van der Waals surface area contributed by atoms with E-state index in [0.29, 0.717) is 12.0 Å². The minimum Gasteiger partial charge on any atom is -0.507 e. The Morgan fingerprint density at radius 1 is 0.889 bits per heavy atom. The molecule has 142 valence electrons. The number of hydrogen-bond acceptors (Lipinski definition) is 4. The van der Waals surface area contributed by atoms with Crippen LogP contribution >= 0.6 is 0 Å². The van der Waals surface area contributed by atoms with Crippen LogP contribution in [0.15, 0.2) is 48.5 Å². The van der Waals surface area contributed by atoms with E-state index in [1.165, 1.54) is 0 Å². The lowest BCUT2D eigenvalue weighted by atomic mass is 9.99. The summed E-state index contributed by atoms with van der Waals surface area (Å²) in [4.78, 5) is 33.4. The summed E-state index contributed by atoms with van der Waals surface area (Å²) in [7, 11) is 0. The SMILES string of the molecule is O=C(O)CCC(=O)N[C@@H](CC(=O)O)Cc1ccc(-c2ccccc2O)cc1. The number of phenolic OH excluding ortho intramolecular Hbond substituents is 1. The fourth-order valence-corrected chi connectivity index (χ4v) is 2.73. The summed E-state index contributed by atoms with van der Waals surface area (Å²) in [6.45, 7) is 0. The van der Waals surface area contributed by atoms with Crippen molar-refractivity contribution in [3.05, 3.63) is 54.1 Å². The van der Waals surface area contributed by atoms with Crippen molar-refractivity contribution in [3.8, 4) is 16.9 Å². The predicted octanol–water partition coefficient (Wildman–Crippen LogP) is 2.43. The monoisotopic (exact) mass is 371 g/mol. The number of phenols is 1. The third-order valence-corrected chi connectivity index (χ3v) is 4.00. The Morgan fingerprint density at radius 2 is 1.56 bits per heavy atom. The number of carboxylic acid groups (broad SMARTS) is 2. The number of carbonyl (C=O) groups is 3. The van der Waals surface area contributed by atoms with E-state index in [4.69, 9.17) is 10.2 Å². The maximum Gasteiger partial charge on any atom is 0.305 e. The average molecular weight is 371 g/mol. The van der Waals surface area contributed by atoms with Crippen molar-refractivity contribution in [1.82, 2.24) is 5.32 Å². The van der Waals surface area contributed by atoms with E-state index in [1.807, 2.05) is 18.2 Å². The molecule has 2 aromatic carbocycles. The maximum absolute atomic E-state index is 11.8. The van der Waals surface area contributed by atoms with Crippen molar-refractivity contribution in [2.24, 2.45) is 0 Å². The number of nitrogens with one attached hydrogen (secondary N) is 1. The molecule has 1 atom stereocenters. The average Bonchev–Trinajstić information content (AvgIpc) is 2.60. The van der Waals surface area contributed by atoms with Gasteiger partial charge in [0.2, 0.25) is 5.91 Å². The van der Waals surface area contributed by atoms with E-state index in [1.54, 1.807) is 30.3 Å². The summed E-state index contributed by atoms with van der Waals surface area (Å²) in [5.41, 5.74) is 2.32. The molecule has 7 heteroatoms. The molecule has 2 rings (SSSR count). The molecule has 0 aliphatic carbocycles. The number of amides is 1. The standard InChI is InChI=1S/C20H21NO6/c22-17-4-2-1-3-16(17)14-7-5-13(6-8-14)11-15(12-20(26)27)21-18(23)9-10-19(24)25/h1-8,15,22H,9-12H2,(H,21,23)(H,24,25)(H,26,27)/t15-/m1/s1. The summed E-state index contributed by atoms with van der Waals surface area (Å²) in [5.74, 6) is -2.46. The Kier molecular flexibility index (Phi) is 6.93. The fraction of sp³-hybridized carbons (Fsp3) is 0.250. The van der Waals surface area contributed by atoms with Crippen LogP contribution in [0.4, 0.5) is 0 Å². The van der Waals surface area contributed by atoms with Crippen molar-refractivity contribution in [1.29, 1.82) is 0 Å².